The number of aromatic nitrogens is 2. The summed E-state index contributed by atoms with van der Waals surface area (Å²) in [4.78, 5) is 22.6. The molecule has 19 heavy (non-hydrogen) atoms. The first-order valence-electron chi connectivity index (χ1n) is 6.45. The van der Waals surface area contributed by atoms with E-state index >= 15 is 0 Å². The molecule has 6 heteroatoms. The van der Waals surface area contributed by atoms with Crippen molar-refractivity contribution in [2.75, 3.05) is 0 Å². The van der Waals surface area contributed by atoms with Crippen LogP contribution in [0.4, 0.5) is 5.69 Å². The molecule has 0 aliphatic heterocycles. The zero-order valence-electron chi connectivity index (χ0n) is 12.1. The number of ketones is 1. The molecule has 1 aromatic rings. The van der Waals surface area contributed by atoms with Gasteiger partial charge in [0.15, 0.2) is 0 Å². The molecule has 1 heterocycles. The lowest BCUT2D eigenvalue weighted by Gasteiger charge is -2.04. The van der Waals surface area contributed by atoms with Crippen LogP contribution in [0, 0.1) is 16.0 Å². The minimum absolute atomic E-state index is 0.00499. The Hall–Kier alpha value is -1.72. The monoisotopic (exact) mass is 267 g/mol. The molecule has 0 bridgehead atoms. The lowest BCUT2D eigenvalue weighted by atomic mass is 10.0. The molecule has 0 fully saturated rings. The van der Waals surface area contributed by atoms with E-state index in [-0.39, 0.29) is 29.7 Å². The first kappa shape index (κ1) is 15.3. The van der Waals surface area contributed by atoms with Gasteiger partial charge >= 0.3 is 5.69 Å². The summed E-state index contributed by atoms with van der Waals surface area (Å²) in [5, 5.41) is 15.4. The zero-order chi connectivity index (χ0) is 14.7. The summed E-state index contributed by atoms with van der Waals surface area (Å²) in [6, 6.07) is 0. The Morgan fingerprint density at radius 1 is 1.37 bits per heavy atom. The van der Waals surface area contributed by atoms with Crippen LogP contribution in [0.25, 0.3) is 0 Å². The Bertz CT molecular complexity index is 490. The van der Waals surface area contributed by atoms with Gasteiger partial charge in [-0.3, -0.25) is 19.6 Å². The van der Waals surface area contributed by atoms with E-state index in [1.165, 1.54) is 4.68 Å². The third kappa shape index (κ3) is 3.62. The number of hydrogen-bond acceptors (Lipinski definition) is 4. The lowest BCUT2D eigenvalue weighted by Crippen LogP contribution is -2.11. The van der Waals surface area contributed by atoms with Gasteiger partial charge in [0.1, 0.15) is 17.2 Å². The Kier molecular flexibility index (Phi) is 4.80. The van der Waals surface area contributed by atoms with Crippen molar-refractivity contribution in [3.05, 3.63) is 21.5 Å². The summed E-state index contributed by atoms with van der Waals surface area (Å²) in [6.45, 7) is 7.62. The number of Topliss-reactive ketones (excluding diaryl/α,β-unsaturated/α-hetero) is 1. The fraction of sp³-hybridized carbons (Fsp3) is 0.692. The number of rotatable bonds is 6. The maximum atomic E-state index is 11.9. The van der Waals surface area contributed by atoms with Crippen molar-refractivity contribution in [1.29, 1.82) is 0 Å². The zero-order valence-corrected chi connectivity index (χ0v) is 12.1. The van der Waals surface area contributed by atoms with Gasteiger partial charge < -0.3 is 0 Å². The molecule has 0 atom stereocenters. The van der Waals surface area contributed by atoms with Gasteiger partial charge in [-0.05, 0) is 5.92 Å². The molecule has 0 aliphatic rings. The van der Waals surface area contributed by atoms with Crippen molar-refractivity contribution in [3.63, 3.8) is 0 Å². The highest BCUT2D eigenvalue weighted by atomic mass is 16.6. The smallest absolute Gasteiger partial charge is 0.299 e. The molecular weight excluding hydrogens is 246 g/mol. The van der Waals surface area contributed by atoms with E-state index in [1.807, 2.05) is 27.7 Å². The van der Waals surface area contributed by atoms with Crippen molar-refractivity contribution in [3.8, 4) is 0 Å². The second-order valence-electron chi connectivity index (χ2n) is 5.53. The van der Waals surface area contributed by atoms with E-state index in [2.05, 4.69) is 5.10 Å². The summed E-state index contributed by atoms with van der Waals surface area (Å²) in [5.74, 6) is 0.223. The van der Waals surface area contributed by atoms with Crippen LogP contribution in [-0.2, 0) is 18.3 Å². The van der Waals surface area contributed by atoms with E-state index in [4.69, 9.17) is 0 Å². The number of aryl methyl sites for hydroxylation is 1. The highest BCUT2D eigenvalue weighted by Gasteiger charge is 2.29. The quantitative estimate of drug-likeness (QED) is 0.586. The highest BCUT2D eigenvalue weighted by Crippen LogP contribution is 2.29. The Morgan fingerprint density at radius 2 is 1.95 bits per heavy atom. The molecule has 0 N–H and O–H groups in total. The number of nitro groups is 1. The summed E-state index contributed by atoms with van der Waals surface area (Å²) >= 11 is 0. The molecule has 0 spiro atoms. The average molecular weight is 267 g/mol. The number of carbonyl (C=O) groups is 1. The summed E-state index contributed by atoms with van der Waals surface area (Å²) in [7, 11) is 1.65. The maximum Gasteiger partial charge on any atom is 0.314 e. The fourth-order valence-electron chi connectivity index (χ4n) is 2.07. The standard InChI is InChI=1S/C13H21N3O3/c1-8(2)6-10(17)7-11-13(16(18)19)12(9(3)4)14-15(11)5/h8-9H,6-7H2,1-5H3. The van der Waals surface area contributed by atoms with Crippen LogP contribution in [-0.4, -0.2) is 20.5 Å². The van der Waals surface area contributed by atoms with E-state index in [0.29, 0.717) is 17.8 Å². The van der Waals surface area contributed by atoms with Gasteiger partial charge in [-0.1, -0.05) is 27.7 Å². The second kappa shape index (κ2) is 5.95. The van der Waals surface area contributed by atoms with Crippen LogP contribution >= 0.6 is 0 Å². The minimum Gasteiger partial charge on any atom is -0.299 e. The van der Waals surface area contributed by atoms with Crippen molar-refractivity contribution < 1.29 is 9.72 Å². The average Bonchev–Trinajstić information content (AvgIpc) is 2.55. The van der Waals surface area contributed by atoms with Gasteiger partial charge in [0.2, 0.25) is 0 Å². The van der Waals surface area contributed by atoms with Crippen LogP contribution < -0.4 is 0 Å². The molecular formula is C13H21N3O3. The van der Waals surface area contributed by atoms with Crippen molar-refractivity contribution >= 4 is 11.5 Å². The highest BCUT2D eigenvalue weighted by molar-refractivity contribution is 5.81. The van der Waals surface area contributed by atoms with E-state index in [9.17, 15) is 14.9 Å². The molecule has 0 aromatic carbocycles. The van der Waals surface area contributed by atoms with Crippen LogP contribution in [0.5, 0.6) is 0 Å². The molecule has 1 rings (SSSR count). The number of nitrogens with zero attached hydrogens (tertiary/aromatic N) is 3. The largest absolute Gasteiger partial charge is 0.314 e. The molecule has 1 aromatic heterocycles. The number of carbonyl (C=O) groups excluding carboxylic acids is 1. The van der Waals surface area contributed by atoms with E-state index in [0.717, 1.165) is 0 Å². The van der Waals surface area contributed by atoms with Gasteiger partial charge in [-0.15, -0.1) is 0 Å². The van der Waals surface area contributed by atoms with Gasteiger partial charge in [-0.2, -0.15) is 5.10 Å². The van der Waals surface area contributed by atoms with Crippen molar-refractivity contribution in [1.82, 2.24) is 9.78 Å². The third-order valence-electron chi connectivity index (χ3n) is 2.89. The molecule has 0 saturated heterocycles. The van der Waals surface area contributed by atoms with Crippen molar-refractivity contribution in [2.24, 2.45) is 13.0 Å². The summed E-state index contributed by atoms with van der Waals surface area (Å²) in [5.41, 5.74) is 0.841. The molecule has 0 amide bonds. The SMILES string of the molecule is CC(C)CC(=O)Cc1c([N+](=O)[O-])c(C(C)C)nn1C. The van der Waals surface area contributed by atoms with Crippen LogP contribution in [0.3, 0.4) is 0 Å². The number of hydrogen-bond donors (Lipinski definition) is 0. The fourth-order valence-corrected chi connectivity index (χ4v) is 2.07. The molecule has 106 valence electrons. The van der Waals surface area contributed by atoms with Gasteiger partial charge in [0.25, 0.3) is 0 Å². The van der Waals surface area contributed by atoms with Crippen LogP contribution in [0.15, 0.2) is 0 Å². The molecule has 6 nitrogen and oxygen atoms in total. The lowest BCUT2D eigenvalue weighted by molar-refractivity contribution is -0.386. The van der Waals surface area contributed by atoms with E-state index in [1.54, 1.807) is 7.05 Å². The Labute approximate surface area is 113 Å². The van der Waals surface area contributed by atoms with Gasteiger partial charge in [0, 0.05) is 19.4 Å². The van der Waals surface area contributed by atoms with Crippen molar-refractivity contribution in [2.45, 2.75) is 46.5 Å². The predicted molar refractivity (Wildman–Crippen MR) is 72.1 cm³/mol. The first-order valence-corrected chi connectivity index (χ1v) is 6.45. The Balaban J connectivity index is 3.13. The van der Waals surface area contributed by atoms with E-state index < -0.39 is 4.92 Å². The second-order valence-corrected chi connectivity index (χ2v) is 5.53. The van der Waals surface area contributed by atoms with Gasteiger partial charge in [-0.25, -0.2) is 0 Å². The predicted octanol–water partition coefficient (Wildman–Crippen LogP) is 2.61. The Morgan fingerprint density at radius 3 is 2.37 bits per heavy atom. The topological polar surface area (TPSA) is 78.0 Å². The van der Waals surface area contributed by atoms with Crippen LogP contribution in [0.1, 0.15) is 51.4 Å². The third-order valence-corrected chi connectivity index (χ3v) is 2.89. The first-order chi connectivity index (χ1) is 8.73. The molecule has 0 radical (unpaired) electrons. The normalized spacial score (nSPS) is 11.3. The molecule has 0 saturated carbocycles. The molecule has 0 aliphatic carbocycles. The molecule has 0 unspecified atom stereocenters. The van der Waals surface area contributed by atoms with Gasteiger partial charge in [0.05, 0.1) is 11.3 Å². The summed E-state index contributed by atoms with van der Waals surface area (Å²) < 4.78 is 1.46. The van der Waals surface area contributed by atoms with Crippen LogP contribution in [0.2, 0.25) is 0 Å². The maximum absolute atomic E-state index is 11.9. The summed E-state index contributed by atoms with van der Waals surface area (Å²) in [6.07, 6.45) is 0.504. The minimum atomic E-state index is -0.430.